The molecule has 2 aliphatic rings. The Morgan fingerprint density at radius 2 is 1.17 bits per heavy atom. The Bertz CT molecular complexity index is 1280. The summed E-state index contributed by atoms with van der Waals surface area (Å²) >= 11 is 0. The molecule has 2 fully saturated rings. The molecule has 5 rings (SSSR count). The monoisotopic (exact) mass is 574 g/mol. The number of unbranched alkanes of at least 4 members (excludes halogenated alkanes) is 5. The molecule has 0 nitrogen and oxygen atoms in total. The second kappa shape index (κ2) is 14.8. The lowest BCUT2D eigenvalue weighted by atomic mass is 9.68. The van der Waals surface area contributed by atoms with E-state index in [0.717, 1.165) is 61.0 Å². The van der Waals surface area contributed by atoms with Crippen molar-refractivity contribution >= 4 is 0 Å². The Hall–Kier alpha value is -2.55. The molecule has 0 heterocycles. The summed E-state index contributed by atoms with van der Waals surface area (Å²) in [5.74, 6) is 1.34. The van der Waals surface area contributed by atoms with Gasteiger partial charge in [0.2, 0.25) is 0 Å². The van der Waals surface area contributed by atoms with Gasteiger partial charge in [0.05, 0.1) is 0 Å². The van der Waals surface area contributed by atoms with Crippen molar-refractivity contribution in [3.05, 3.63) is 83.2 Å². The zero-order valence-electron chi connectivity index (χ0n) is 25.7. The summed E-state index contributed by atoms with van der Waals surface area (Å²) in [7, 11) is 0. The first-order valence-electron chi connectivity index (χ1n) is 16.8. The molecule has 3 aromatic carbocycles. The smallest absolute Gasteiger partial charge is 0.166 e. The molecule has 2 aliphatic carbocycles. The molecule has 0 atom stereocenters. The summed E-state index contributed by atoms with van der Waals surface area (Å²) in [5, 5.41) is 0. The maximum atomic E-state index is 15.4. The fourth-order valence-electron chi connectivity index (χ4n) is 7.63. The number of benzene rings is 3. The van der Waals surface area contributed by atoms with E-state index < -0.39 is 11.6 Å². The molecule has 0 radical (unpaired) electrons. The first kappa shape index (κ1) is 30.9. The lowest BCUT2D eigenvalue weighted by Gasteiger charge is -2.37. The van der Waals surface area contributed by atoms with Crippen LogP contribution < -0.4 is 0 Å². The minimum Gasteiger partial charge on any atom is -0.206 e. The van der Waals surface area contributed by atoms with Crippen LogP contribution in [0.4, 0.5) is 13.2 Å². The lowest BCUT2D eigenvalue weighted by molar-refractivity contribution is 0.165. The molecule has 2 saturated carbocycles. The number of hydrogen-bond donors (Lipinski definition) is 0. The summed E-state index contributed by atoms with van der Waals surface area (Å²) in [4.78, 5) is 0. The van der Waals surface area contributed by atoms with Crippen LogP contribution in [0.5, 0.6) is 0 Å². The summed E-state index contributed by atoms with van der Waals surface area (Å²) in [6, 6.07) is 16.3. The van der Waals surface area contributed by atoms with Crippen molar-refractivity contribution in [1.29, 1.82) is 0 Å². The fraction of sp³-hybridized carbons (Fsp3) is 0.538. The highest BCUT2D eigenvalue weighted by molar-refractivity contribution is 5.71. The fourth-order valence-corrected chi connectivity index (χ4v) is 7.63. The third-order valence-corrected chi connectivity index (χ3v) is 10.4. The van der Waals surface area contributed by atoms with Crippen LogP contribution in [0.1, 0.15) is 121 Å². The van der Waals surface area contributed by atoms with E-state index >= 15 is 8.78 Å². The Labute approximate surface area is 252 Å². The molecular formula is C39H49F3. The van der Waals surface area contributed by atoms with Gasteiger partial charge in [0.15, 0.2) is 11.6 Å². The minimum absolute atomic E-state index is 0.208. The van der Waals surface area contributed by atoms with Crippen LogP contribution in [0, 0.1) is 35.2 Å². The van der Waals surface area contributed by atoms with Gasteiger partial charge in [-0.2, -0.15) is 0 Å². The van der Waals surface area contributed by atoms with E-state index in [0.29, 0.717) is 29.0 Å². The van der Waals surface area contributed by atoms with E-state index in [2.05, 4.69) is 19.9 Å². The van der Waals surface area contributed by atoms with Gasteiger partial charge >= 0.3 is 0 Å². The Morgan fingerprint density at radius 1 is 0.595 bits per heavy atom. The Kier molecular flexibility index (Phi) is 10.9. The minimum atomic E-state index is -0.797. The van der Waals surface area contributed by atoms with E-state index in [1.54, 1.807) is 30.3 Å². The van der Waals surface area contributed by atoms with Crippen molar-refractivity contribution in [2.24, 2.45) is 17.8 Å². The summed E-state index contributed by atoms with van der Waals surface area (Å²) in [6.07, 6.45) is 17.7. The van der Waals surface area contributed by atoms with Crippen LogP contribution in [0.2, 0.25) is 0 Å². The summed E-state index contributed by atoms with van der Waals surface area (Å²) in [5.41, 5.74) is 3.71. The van der Waals surface area contributed by atoms with Crippen LogP contribution in [0.15, 0.2) is 54.6 Å². The number of hydrogen-bond acceptors (Lipinski definition) is 0. The highest BCUT2D eigenvalue weighted by atomic mass is 19.2. The van der Waals surface area contributed by atoms with Crippen LogP contribution in [0.3, 0.4) is 0 Å². The normalized spacial score (nSPS) is 22.8. The van der Waals surface area contributed by atoms with E-state index in [-0.39, 0.29) is 11.4 Å². The molecule has 0 spiro atoms. The van der Waals surface area contributed by atoms with Gasteiger partial charge in [0, 0.05) is 11.1 Å². The van der Waals surface area contributed by atoms with Crippen LogP contribution in [-0.4, -0.2) is 0 Å². The zero-order chi connectivity index (χ0) is 29.5. The average Bonchev–Trinajstić information content (AvgIpc) is 3.01. The van der Waals surface area contributed by atoms with Gasteiger partial charge in [-0.15, -0.1) is 0 Å². The van der Waals surface area contributed by atoms with Gasteiger partial charge in [-0.3, -0.25) is 0 Å². The predicted octanol–water partition coefficient (Wildman–Crippen LogP) is 12.4. The molecule has 42 heavy (non-hydrogen) atoms. The van der Waals surface area contributed by atoms with Crippen LogP contribution in [0.25, 0.3) is 22.3 Å². The van der Waals surface area contributed by atoms with Gasteiger partial charge in [-0.25, -0.2) is 13.2 Å². The number of halogens is 3. The van der Waals surface area contributed by atoms with E-state index in [4.69, 9.17) is 0 Å². The molecule has 226 valence electrons. The maximum Gasteiger partial charge on any atom is 0.166 e. The largest absolute Gasteiger partial charge is 0.206 e. The molecule has 3 aromatic rings. The lowest BCUT2D eigenvalue weighted by Crippen LogP contribution is -2.24. The first-order valence-corrected chi connectivity index (χ1v) is 16.8. The third kappa shape index (κ3) is 7.50. The van der Waals surface area contributed by atoms with Gasteiger partial charge in [0.1, 0.15) is 5.82 Å². The van der Waals surface area contributed by atoms with Gasteiger partial charge in [-0.05, 0) is 103 Å². The Morgan fingerprint density at radius 3 is 1.81 bits per heavy atom. The van der Waals surface area contributed by atoms with Crippen molar-refractivity contribution in [1.82, 2.24) is 0 Å². The van der Waals surface area contributed by atoms with Gasteiger partial charge < -0.3 is 0 Å². The molecule has 0 aliphatic heterocycles. The second-order valence-corrected chi connectivity index (χ2v) is 13.4. The summed E-state index contributed by atoms with van der Waals surface area (Å²) in [6.45, 7) is 4.57. The standard InChI is InChI=1S/C39H49F3/c1-3-4-5-6-7-8-9-33-22-25-36(39(42)38(33)41)32-20-18-31(19-21-32)35-24-23-34(26-37(35)40)30-16-14-29(15-17-30)28-12-10-27(2)11-13-28/h18-30H,3-17H2,1-2H3. The van der Waals surface area contributed by atoms with E-state index in [1.165, 1.54) is 57.8 Å². The Balaban J connectivity index is 1.19. The van der Waals surface area contributed by atoms with Crippen molar-refractivity contribution in [2.75, 3.05) is 0 Å². The number of rotatable bonds is 11. The third-order valence-electron chi connectivity index (χ3n) is 10.4. The second-order valence-electron chi connectivity index (χ2n) is 13.4. The highest BCUT2D eigenvalue weighted by Crippen LogP contribution is 2.44. The highest BCUT2D eigenvalue weighted by Gasteiger charge is 2.30. The zero-order valence-corrected chi connectivity index (χ0v) is 25.7. The van der Waals surface area contributed by atoms with Crippen molar-refractivity contribution in [2.45, 2.75) is 116 Å². The predicted molar refractivity (Wildman–Crippen MR) is 170 cm³/mol. The molecule has 0 saturated heterocycles. The average molecular weight is 575 g/mol. The molecule has 0 amide bonds. The quantitative estimate of drug-likeness (QED) is 0.200. The molecule has 3 heteroatoms. The summed E-state index contributed by atoms with van der Waals surface area (Å²) < 4.78 is 45.3. The van der Waals surface area contributed by atoms with Crippen LogP contribution >= 0.6 is 0 Å². The van der Waals surface area contributed by atoms with Crippen molar-refractivity contribution in [3.8, 4) is 22.3 Å². The van der Waals surface area contributed by atoms with E-state index in [9.17, 15) is 4.39 Å². The van der Waals surface area contributed by atoms with Crippen LogP contribution in [-0.2, 0) is 6.42 Å². The molecular weight excluding hydrogens is 525 g/mol. The topological polar surface area (TPSA) is 0 Å². The maximum absolute atomic E-state index is 15.4. The molecule has 0 unspecified atom stereocenters. The molecule has 0 N–H and O–H groups in total. The van der Waals surface area contributed by atoms with Crippen molar-refractivity contribution in [3.63, 3.8) is 0 Å². The SMILES string of the molecule is CCCCCCCCc1ccc(-c2ccc(-c3ccc(C4CCC(C5CCC(C)CC5)CC4)cc3F)cc2)c(F)c1F. The number of aryl methyl sites for hydroxylation is 1. The van der Waals surface area contributed by atoms with Gasteiger partial charge in [0.25, 0.3) is 0 Å². The first-order chi connectivity index (χ1) is 20.4. The molecule has 0 bridgehead atoms. The van der Waals surface area contributed by atoms with Crippen molar-refractivity contribution < 1.29 is 13.2 Å². The van der Waals surface area contributed by atoms with E-state index in [1.807, 2.05) is 18.2 Å². The molecule has 0 aromatic heterocycles. The van der Waals surface area contributed by atoms with Gasteiger partial charge in [-0.1, -0.05) is 107 Å².